The molecule has 106 valence electrons. The van der Waals surface area contributed by atoms with Gasteiger partial charge in [0, 0.05) is 31.6 Å². The Labute approximate surface area is 115 Å². The first-order chi connectivity index (χ1) is 8.55. The Bertz CT molecular complexity index is 265. The quantitative estimate of drug-likeness (QED) is 0.833. The number of hydrogen-bond donors (Lipinski definition) is 1. The SMILES string of the molecule is CCOC(C)(C)CNC1CCOC2(CCSC2)C1. The van der Waals surface area contributed by atoms with Gasteiger partial charge in [-0.15, -0.1) is 0 Å². The van der Waals surface area contributed by atoms with Gasteiger partial charge >= 0.3 is 0 Å². The highest BCUT2D eigenvalue weighted by Crippen LogP contribution is 2.38. The normalized spacial score (nSPS) is 33.2. The maximum atomic E-state index is 6.04. The minimum Gasteiger partial charge on any atom is -0.375 e. The van der Waals surface area contributed by atoms with Crippen molar-refractivity contribution < 1.29 is 9.47 Å². The fourth-order valence-corrected chi connectivity index (χ4v) is 4.28. The van der Waals surface area contributed by atoms with E-state index in [4.69, 9.17) is 9.47 Å². The predicted molar refractivity (Wildman–Crippen MR) is 77.4 cm³/mol. The molecule has 2 saturated heterocycles. The summed E-state index contributed by atoms with van der Waals surface area (Å²) in [5, 5.41) is 3.68. The van der Waals surface area contributed by atoms with Crippen molar-refractivity contribution in [2.24, 2.45) is 0 Å². The zero-order valence-corrected chi connectivity index (χ0v) is 12.8. The van der Waals surface area contributed by atoms with Crippen LogP contribution < -0.4 is 5.32 Å². The van der Waals surface area contributed by atoms with Gasteiger partial charge in [-0.25, -0.2) is 0 Å². The van der Waals surface area contributed by atoms with Crippen molar-refractivity contribution in [2.75, 3.05) is 31.3 Å². The van der Waals surface area contributed by atoms with E-state index in [1.54, 1.807) is 0 Å². The Morgan fingerprint density at radius 3 is 3.00 bits per heavy atom. The van der Waals surface area contributed by atoms with E-state index in [1.165, 1.54) is 24.3 Å². The van der Waals surface area contributed by atoms with Crippen LogP contribution in [-0.4, -0.2) is 48.5 Å². The number of ether oxygens (including phenoxy) is 2. The topological polar surface area (TPSA) is 30.5 Å². The Kier molecular flexibility index (Phi) is 4.98. The van der Waals surface area contributed by atoms with Crippen LogP contribution in [0.4, 0.5) is 0 Å². The van der Waals surface area contributed by atoms with Gasteiger partial charge in [-0.1, -0.05) is 0 Å². The summed E-state index contributed by atoms with van der Waals surface area (Å²) in [6.45, 7) is 8.99. The van der Waals surface area contributed by atoms with Crippen molar-refractivity contribution >= 4 is 11.8 Å². The number of nitrogens with one attached hydrogen (secondary N) is 1. The molecule has 0 amide bonds. The molecule has 1 spiro atoms. The Morgan fingerprint density at radius 2 is 2.33 bits per heavy atom. The molecule has 0 aromatic heterocycles. The molecule has 3 nitrogen and oxygen atoms in total. The summed E-state index contributed by atoms with van der Waals surface area (Å²) in [6, 6.07) is 0.595. The van der Waals surface area contributed by atoms with E-state index in [0.29, 0.717) is 6.04 Å². The lowest BCUT2D eigenvalue weighted by Crippen LogP contribution is -2.50. The number of thioether (sulfide) groups is 1. The van der Waals surface area contributed by atoms with Gasteiger partial charge in [0.15, 0.2) is 0 Å². The Hall–Kier alpha value is 0.230. The molecule has 4 heteroatoms. The van der Waals surface area contributed by atoms with Crippen molar-refractivity contribution in [1.29, 1.82) is 0 Å². The van der Waals surface area contributed by atoms with E-state index in [0.717, 1.165) is 26.2 Å². The van der Waals surface area contributed by atoms with E-state index in [9.17, 15) is 0 Å². The molecule has 2 atom stereocenters. The maximum absolute atomic E-state index is 6.04. The molecule has 0 radical (unpaired) electrons. The maximum Gasteiger partial charge on any atom is 0.0795 e. The fourth-order valence-electron chi connectivity index (χ4n) is 2.90. The van der Waals surface area contributed by atoms with Crippen LogP contribution in [0.15, 0.2) is 0 Å². The molecule has 0 saturated carbocycles. The third-order valence-electron chi connectivity index (χ3n) is 3.91. The average molecular weight is 273 g/mol. The third kappa shape index (κ3) is 3.86. The van der Waals surface area contributed by atoms with Crippen LogP contribution in [0.2, 0.25) is 0 Å². The van der Waals surface area contributed by atoms with Crippen LogP contribution in [0, 0.1) is 0 Å². The second-order valence-corrected chi connectivity index (χ2v) is 7.20. The Balaban J connectivity index is 1.79. The number of rotatable bonds is 5. The van der Waals surface area contributed by atoms with Crippen LogP contribution >= 0.6 is 11.8 Å². The molecule has 1 N–H and O–H groups in total. The molecule has 2 heterocycles. The molecule has 2 aliphatic heterocycles. The van der Waals surface area contributed by atoms with Gasteiger partial charge in [0.25, 0.3) is 0 Å². The van der Waals surface area contributed by atoms with Gasteiger partial charge in [-0.05, 0) is 45.8 Å². The molecule has 2 aliphatic rings. The summed E-state index contributed by atoms with van der Waals surface area (Å²) in [5.41, 5.74) is 0.112. The van der Waals surface area contributed by atoms with E-state index in [-0.39, 0.29) is 11.2 Å². The monoisotopic (exact) mass is 273 g/mol. The summed E-state index contributed by atoms with van der Waals surface area (Å²) in [5.74, 6) is 2.44. The standard InChI is InChI=1S/C14H27NO2S/c1-4-16-13(2,3)10-15-12-5-7-17-14(9-12)6-8-18-11-14/h12,15H,4-11H2,1-3H3. The first-order valence-corrected chi connectivity index (χ1v) is 8.30. The highest BCUT2D eigenvalue weighted by Gasteiger charge is 2.40. The largest absolute Gasteiger partial charge is 0.375 e. The Morgan fingerprint density at radius 1 is 1.50 bits per heavy atom. The molecule has 2 fully saturated rings. The first kappa shape index (κ1) is 14.6. The third-order valence-corrected chi connectivity index (χ3v) is 5.13. The number of hydrogen-bond acceptors (Lipinski definition) is 4. The van der Waals surface area contributed by atoms with Crippen molar-refractivity contribution in [3.8, 4) is 0 Å². The molecule has 0 aromatic carbocycles. The second kappa shape index (κ2) is 6.12. The lowest BCUT2D eigenvalue weighted by Gasteiger charge is -2.39. The van der Waals surface area contributed by atoms with E-state index in [1.807, 2.05) is 11.8 Å². The van der Waals surface area contributed by atoms with Crippen LogP contribution in [0.25, 0.3) is 0 Å². The summed E-state index contributed by atoms with van der Waals surface area (Å²) in [7, 11) is 0. The van der Waals surface area contributed by atoms with Crippen LogP contribution in [0.3, 0.4) is 0 Å². The van der Waals surface area contributed by atoms with Crippen LogP contribution in [0.5, 0.6) is 0 Å². The first-order valence-electron chi connectivity index (χ1n) is 7.14. The smallest absolute Gasteiger partial charge is 0.0795 e. The summed E-state index contributed by atoms with van der Waals surface area (Å²) >= 11 is 2.04. The van der Waals surface area contributed by atoms with Crippen LogP contribution in [0.1, 0.15) is 40.0 Å². The van der Waals surface area contributed by atoms with Gasteiger partial charge in [0.2, 0.25) is 0 Å². The molecular weight excluding hydrogens is 246 g/mol. The van der Waals surface area contributed by atoms with E-state index in [2.05, 4.69) is 26.1 Å². The summed E-state index contributed by atoms with van der Waals surface area (Å²) in [6.07, 6.45) is 3.53. The van der Waals surface area contributed by atoms with E-state index >= 15 is 0 Å². The average Bonchev–Trinajstić information content (AvgIpc) is 2.75. The fraction of sp³-hybridized carbons (Fsp3) is 1.00. The van der Waals surface area contributed by atoms with Gasteiger partial charge in [-0.2, -0.15) is 11.8 Å². The molecule has 0 aromatic rings. The minimum atomic E-state index is -0.0648. The zero-order valence-electron chi connectivity index (χ0n) is 12.0. The van der Waals surface area contributed by atoms with Crippen molar-refractivity contribution in [3.63, 3.8) is 0 Å². The van der Waals surface area contributed by atoms with Gasteiger partial charge in [-0.3, -0.25) is 0 Å². The second-order valence-electron chi connectivity index (χ2n) is 6.10. The van der Waals surface area contributed by atoms with Crippen molar-refractivity contribution in [2.45, 2.75) is 57.3 Å². The molecule has 2 rings (SSSR count). The highest BCUT2D eigenvalue weighted by molar-refractivity contribution is 7.99. The van der Waals surface area contributed by atoms with Gasteiger partial charge < -0.3 is 14.8 Å². The predicted octanol–water partition coefficient (Wildman–Crippen LogP) is 2.45. The molecule has 0 aliphatic carbocycles. The molecule has 0 bridgehead atoms. The zero-order chi connectivity index (χ0) is 13.1. The summed E-state index contributed by atoms with van der Waals surface area (Å²) in [4.78, 5) is 0. The van der Waals surface area contributed by atoms with Gasteiger partial charge in [0.05, 0.1) is 11.2 Å². The lowest BCUT2D eigenvalue weighted by molar-refractivity contribution is -0.0747. The lowest BCUT2D eigenvalue weighted by atomic mass is 9.89. The molecule has 18 heavy (non-hydrogen) atoms. The van der Waals surface area contributed by atoms with Crippen molar-refractivity contribution in [1.82, 2.24) is 5.32 Å². The highest BCUT2D eigenvalue weighted by atomic mass is 32.2. The summed E-state index contributed by atoms with van der Waals surface area (Å²) < 4.78 is 11.8. The van der Waals surface area contributed by atoms with E-state index < -0.39 is 0 Å². The molecule has 2 unspecified atom stereocenters. The van der Waals surface area contributed by atoms with Gasteiger partial charge in [0.1, 0.15) is 0 Å². The minimum absolute atomic E-state index is 0.0648. The molecular formula is C14H27NO2S. The van der Waals surface area contributed by atoms with Crippen LogP contribution in [-0.2, 0) is 9.47 Å². The van der Waals surface area contributed by atoms with Crippen molar-refractivity contribution in [3.05, 3.63) is 0 Å².